The Labute approximate surface area is 241 Å². The number of ether oxygens (including phenoxy) is 3. The number of halogens is 1. The molecule has 0 aliphatic carbocycles. The van der Waals surface area contributed by atoms with Gasteiger partial charge in [0.15, 0.2) is 16.3 Å². The van der Waals surface area contributed by atoms with Crippen LogP contribution in [0, 0.1) is 0 Å². The van der Waals surface area contributed by atoms with Crippen molar-refractivity contribution in [3.8, 4) is 22.8 Å². The minimum absolute atomic E-state index is 0.0159. The number of rotatable bonds is 6. The molecule has 0 radical (unpaired) electrons. The Morgan fingerprint density at radius 1 is 1.17 bits per heavy atom. The SMILES string of the molecule is CCOC(=O)C1=C(C)N=c2s/c(=C\c3ccc(-c4ccc(C(=O)O)c(Cl)c4)o3)c(=O)n2[C@@H]1c1ccc2c(c1)OCO2. The molecule has 0 spiro atoms. The zero-order valence-corrected chi connectivity index (χ0v) is 23.2. The highest BCUT2D eigenvalue weighted by Gasteiger charge is 2.34. The van der Waals surface area contributed by atoms with Crippen molar-refractivity contribution in [1.29, 1.82) is 0 Å². The number of fused-ring (bicyclic) bond motifs is 2. The first kappa shape index (κ1) is 26.6. The number of carboxylic acids is 1. The number of esters is 1. The molecular weight excluding hydrogens is 572 g/mol. The van der Waals surface area contributed by atoms with E-state index in [2.05, 4.69) is 4.99 Å². The number of carbonyl (C=O) groups excluding carboxylic acids is 1. The maximum Gasteiger partial charge on any atom is 0.338 e. The molecular formula is C29H21ClN2O8S. The van der Waals surface area contributed by atoms with Crippen molar-refractivity contribution in [2.45, 2.75) is 19.9 Å². The van der Waals surface area contributed by atoms with E-state index in [1.807, 2.05) is 0 Å². The fourth-order valence-corrected chi connectivity index (χ4v) is 6.03. The lowest BCUT2D eigenvalue weighted by molar-refractivity contribution is -0.139. The van der Waals surface area contributed by atoms with Crippen molar-refractivity contribution in [3.63, 3.8) is 0 Å². The van der Waals surface area contributed by atoms with Gasteiger partial charge in [-0.2, -0.15) is 0 Å². The van der Waals surface area contributed by atoms with Gasteiger partial charge in [0, 0.05) is 11.6 Å². The number of aromatic nitrogens is 1. The van der Waals surface area contributed by atoms with Gasteiger partial charge in [0.2, 0.25) is 6.79 Å². The molecule has 12 heteroatoms. The number of aromatic carboxylic acids is 1. The predicted octanol–water partition coefficient (Wildman–Crippen LogP) is 4.14. The van der Waals surface area contributed by atoms with E-state index in [-0.39, 0.29) is 35.1 Å². The topological polar surface area (TPSA) is 130 Å². The second kappa shape index (κ2) is 10.4. The van der Waals surface area contributed by atoms with Crippen molar-refractivity contribution < 1.29 is 33.3 Å². The van der Waals surface area contributed by atoms with E-state index in [4.69, 9.17) is 30.2 Å². The lowest BCUT2D eigenvalue weighted by atomic mass is 9.95. The minimum Gasteiger partial charge on any atom is -0.478 e. The fraction of sp³-hybridized carbons (Fsp3) is 0.172. The Hall–Kier alpha value is -4.61. The van der Waals surface area contributed by atoms with E-state index in [0.717, 1.165) is 11.3 Å². The van der Waals surface area contributed by atoms with Crippen LogP contribution in [0.1, 0.15) is 41.6 Å². The smallest absolute Gasteiger partial charge is 0.338 e. The number of carboxylic acid groups (broad SMARTS) is 1. The standard InChI is InChI=1S/C29H21ClN2O8S/c1-3-37-28(36)24-14(2)31-29-32(25(24)16-5-8-21-22(11-16)39-13-38-21)26(33)23(41-29)12-17-6-9-20(40-17)15-4-7-18(27(34)35)19(30)10-15/h4-12,25H,3,13H2,1-2H3,(H,34,35)/b23-12-/t25-/m1/s1. The summed E-state index contributed by atoms with van der Waals surface area (Å²) in [5.41, 5.74) is 1.54. The second-order valence-corrected chi connectivity index (χ2v) is 10.5. The summed E-state index contributed by atoms with van der Waals surface area (Å²) in [6.07, 6.45) is 1.60. The summed E-state index contributed by atoms with van der Waals surface area (Å²) >= 11 is 7.28. The Balaban J connectivity index is 1.44. The third-order valence-electron chi connectivity index (χ3n) is 6.61. The molecule has 1 N–H and O–H groups in total. The van der Waals surface area contributed by atoms with Gasteiger partial charge in [0.05, 0.1) is 39.0 Å². The van der Waals surface area contributed by atoms with Gasteiger partial charge in [0.25, 0.3) is 5.56 Å². The highest BCUT2D eigenvalue weighted by atomic mass is 35.5. The molecule has 10 nitrogen and oxygen atoms in total. The number of allylic oxidation sites excluding steroid dienone is 1. The van der Waals surface area contributed by atoms with Crippen molar-refractivity contribution in [1.82, 2.24) is 4.57 Å². The van der Waals surface area contributed by atoms with Gasteiger partial charge in [-0.3, -0.25) is 9.36 Å². The van der Waals surface area contributed by atoms with Crippen LogP contribution in [-0.4, -0.2) is 35.0 Å². The molecule has 41 heavy (non-hydrogen) atoms. The van der Waals surface area contributed by atoms with E-state index >= 15 is 0 Å². The Morgan fingerprint density at radius 3 is 2.73 bits per heavy atom. The van der Waals surface area contributed by atoms with Crippen LogP contribution < -0.4 is 24.4 Å². The number of hydrogen-bond acceptors (Lipinski definition) is 9. The fourth-order valence-electron chi connectivity index (χ4n) is 4.75. The maximum atomic E-state index is 13.8. The van der Waals surface area contributed by atoms with Gasteiger partial charge in [-0.05, 0) is 55.8 Å². The molecule has 2 aliphatic heterocycles. The van der Waals surface area contributed by atoms with Crippen LogP contribution in [-0.2, 0) is 9.53 Å². The first-order chi connectivity index (χ1) is 19.7. The molecule has 0 saturated carbocycles. The number of furan rings is 1. The van der Waals surface area contributed by atoms with Crippen molar-refractivity contribution >= 4 is 41.0 Å². The number of nitrogens with zero attached hydrogens (tertiary/aromatic N) is 2. The van der Waals surface area contributed by atoms with E-state index in [9.17, 15) is 19.5 Å². The van der Waals surface area contributed by atoms with E-state index in [0.29, 0.717) is 49.2 Å². The Kier molecular flexibility index (Phi) is 6.76. The number of benzene rings is 2. The molecule has 208 valence electrons. The Bertz CT molecular complexity index is 1950. The average molecular weight is 593 g/mol. The third-order valence-corrected chi connectivity index (χ3v) is 7.91. The second-order valence-electron chi connectivity index (χ2n) is 9.12. The van der Waals surface area contributed by atoms with Gasteiger partial charge >= 0.3 is 11.9 Å². The predicted molar refractivity (Wildman–Crippen MR) is 149 cm³/mol. The van der Waals surface area contributed by atoms with Gasteiger partial charge in [-0.25, -0.2) is 14.6 Å². The number of hydrogen-bond donors (Lipinski definition) is 1. The first-order valence-corrected chi connectivity index (χ1v) is 13.7. The van der Waals surface area contributed by atoms with Crippen molar-refractivity contribution in [2.75, 3.05) is 13.4 Å². The lowest BCUT2D eigenvalue weighted by Gasteiger charge is -2.24. The lowest BCUT2D eigenvalue weighted by Crippen LogP contribution is -2.39. The summed E-state index contributed by atoms with van der Waals surface area (Å²) in [6, 6.07) is 12.4. The average Bonchev–Trinajstić information content (AvgIpc) is 3.67. The molecule has 2 aromatic heterocycles. The van der Waals surface area contributed by atoms with Crippen LogP contribution in [0.5, 0.6) is 11.5 Å². The van der Waals surface area contributed by atoms with E-state index in [1.165, 1.54) is 16.7 Å². The molecule has 4 heterocycles. The molecule has 4 aromatic rings. The van der Waals surface area contributed by atoms with Gasteiger partial charge < -0.3 is 23.7 Å². The third kappa shape index (κ3) is 4.72. The van der Waals surface area contributed by atoms with Gasteiger partial charge in [0.1, 0.15) is 11.5 Å². The molecule has 0 bridgehead atoms. The molecule has 0 unspecified atom stereocenters. The molecule has 0 saturated heterocycles. The van der Waals surface area contributed by atoms with Crippen LogP contribution in [0.3, 0.4) is 0 Å². The van der Waals surface area contributed by atoms with Crippen LogP contribution in [0.15, 0.2) is 74.0 Å². The summed E-state index contributed by atoms with van der Waals surface area (Å²) in [5, 5.41) is 9.30. The number of carbonyl (C=O) groups is 2. The van der Waals surface area contributed by atoms with Crippen molar-refractivity contribution in [2.24, 2.45) is 4.99 Å². The van der Waals surface area contributed by atoms with E-state index in [1.54, 1.807) is 56.3 Å². The largest absolute Gasteiger partial charge is 0.478 e. The molecule has 0 amide bonds. The molecule has 0 fully saturated rings. The number of thiazole rings is 1. The summed E-state index contributed by atoms with van der Waals surface area (Å²) in [6.45, 7) is 3.68. The summed E-state index contributed by atoms with van der Waals surface area (Å²) < 4.78 is 24.1. The molecule has 2 aromatic carbocycles. The molecule has 6 rings (SSSR count). The monoisotopic (exact) mass is 592 g/mol. The normalized spacial score (nSPS) is 16.0. The molecule has 2 aliphatic rings. The summed E-state index contributed by atoms with van der Waals surface area (Å²) in [5.74, 6) is 0.242. The van der Waals surface area contributed by atoms with Crippen LogP contribution in [0.4, 0.5) is 0 Å². The van der Waals surface area contributed by atoms with Gasteiger partial charge in [-0.1, -0.05) is 35.1 Å². The van der Waals surface area contributed by atoms with Crippen LogP contribution >= 0.6 is 22.9 Å². The highest BCUT2D eigenvalue weighted by molar-refractivity contribution is 7.07. The van der Waals surface area contributed by atoms with E-state index < -0.39 is 18.0 Å². The quantitative estimate of drug-likeness (QED) is 0.331. The van der Waals surface area contributed by atoms with Crippen molar-refractivity contribution in [3.05, 3.63) is 101 Å². The maximum absolute atomic E-state index is 13.8. The minimum atomic E-state index is -1.13. The van der Waals surface area contributed by atoms with Crippen LogP contribution in [0.25, 0.3) is 17.4 Å². The van der Waals surface area contributed by atoms with Crippen LogP contribution in [0.2, 0.25) is 5.02 Å². The Morgan fingerprint density at radius 2 is 1.98 bits per heavy atom. The summed E-state index contributed by atoms with van der Waals surface area (Å²) in [4.78, 5) is 43.2. The van der Waals surface area contributed by atoms with Gasteiger partial charge in [-0.15, -0.1) is 0 Å². The molecule has 1 atom stereocenters. The first-order valence-electron chi connectivity index (χ1n) is 12.5. The summed E-state index contributed by atoms with van der Waals surface area (Å²) in [7, 11) is 0. The highest BCUT2D eigenvalue weighted by Crippen LogP contribution is 2.38. The zero-order valence-electron chi connectivity index (χ0n) is 21.7. The zero-order chi connectivity index (χ0) is 28.8.